The van der Waals surface area contributed by atoms with Gasteiger partial charge in [-0.3, -0.25) is 14.9 Å². The molecule has 5 heteroatoms. The van der Waals surface area contributed by atoms with E-state index in [1.807, 2.05) is 91.9 Å². The van der Waals surface area contributed by atoms with Crippen LogP contribution < -0.4 is 10.3 Å². The van der Waals surface area contributed by atoms with Crippen molar-refractivity contribution in [3.05, 3.63) is 107 Å². The minimum Gasteiger partial charge on any atom is -0.457 e. The van der Waals surface area contributed by atoms with Crippen LogP contribution in [0.25, 0.3) is 5.69 Å². The summed E-state index contributed by atoms with van der Waals surface area (Å²) >= 11 is 0. The van der Waals surface area contributed by atoms with E-state index in [-0.39, 0.29) is 5.56 Å². The van der Waals surface area contributed by atoms with Gasteiger partial charge in [0.15, 0.2) is 0 Å². The fraction of sp³-hybridized carbons (Fsp3) is 0.0435. The van der Waals surface area contributed by atoms with E-state index in [4.69, 9.17) is 4.74 Å². The van der Waals surface area contributed by atoms with Gasteiger partial charge in [-0.05, 0) is 55.5 Å². The molecule has 0 aliphatic rings. The fourth-order valence-corrected chi connectivity index (χ4v) is 2.83. The summed E-state index contributed by atoms with van der Waals surface area (Å²) in [6.07, 6.45) is 1.60. The Bertz CT molecular complexity index is 1140. The van der Waals surface area contributed by atoms with Crippen LogP contribution in [-0.4, -0.2) is 16.0 Å². The number of nitrogens with zero attached hydrogens (tertiary/aromatic N) is 2. The number of hydrogen-bond donors (Lipinski definition) is 1. The summed E-state index contributed by atoms with van der Waals surface area (Å²) in [6.45, 7) is 1.86. The van der Waals surface area contributed by atoms with Crippen molar-refractivity contribution in [1.29, 1.82) is 0 Å². The van der Waals surface area contributed by atoms with Crippen molar-refractivity contribution < 1.29 is 4.74 Å². The molecule has 5 nitrogen and oxygen atoms in total. The molecule has 1 heterocycles. The van der Waals surface area contributed by atoms with Crippen LogP contribution >= 0.6 is 0 Å². The molecule has 1 N–H and O–H groups in total. The largest absolute Gasteiger partial charge is 0.457 e. The quantitative estimate of drug-likeness (QED) is 0.502. The molecule has 0 aliphatic heterocycles. The van der Waals surface area contributed by atoms with Crippen LogP contribution in [0.5, 0.6) is 11.5 Å². The number of benzene rings is 3. The molecule has 0 fully saturated rings. The lowest BCUT2D eigenvalue weighted by Gasteiger charge is -2.05. The maximum Gasteiger partial charge on any atom is 0.280 e. The maximum atomic E-state index is 12.7. The molecule has 0 saturated heterocycles. The van der Waals surface area contributed by atoms with Crippen LogP contribution in [0, 0.1) is 6.92 Å². The molecule has 0 amide bonds. The zero-order valence-electron chi connectivity index (χ0n) is 15.4. The zero-order valence-corrected chi connectivity index (χ0v) is 15.4. The third-order valence-corrected chi connectivity index (χ3v) is 4.29. The fourth-order valence-electron chi connectivity index (χ4n) is 2.83. The number of hydrogen-bond acceptors (Lipinski definition) is 3. The summed E-state index contributed by atoms with van der Waals surface area (Å²) in [5.74, 6) is 1.51. The first-order valence-electron chi connectivity index (χ1n) is 8.95. The van der Waals surface area contributed by atoms with E-state index >= 15 is 0 Å². The molecule has 0 aliphatic carbocycles. The number of H-pyrrole nitrogens is 1. The molecule has 4 aromatic rings. The molecule has 0 unspecified atom stereocenters. The number of aromatic amines is 1. The highest BCUT2D eigenvalue weighted by molar-refractivity contribution is 5.83. The highest BCUT2D eigenvalue weighted by atomic mass is 16.5. The van der Waals surface area contributed by atoms with Crippen molar-refractivity contribution in [2.45, 2.75) is 6.92 Å². The van der Waals surface area contributed by atoms with Gasteiger partial charge >= 0.3 is 0 Å². The van der Waals surface area contributed by atoms with Crippen molar-refractivity contribution in [2.24, 2.45) is 4.99 Å². The van der Waals surface area contributed by atoms with E-state index in [0.717, 1.165) is 28.6 Å². The zero-order chi connectivity index (χ0) is 19.3. The molecule has 4 rings (SSSR count). The number of aryl methyl sites for hydroxylation is 1. The minimum atomic E-state index is -0.128. The number of aromatic nitrogens is 2. The third-order valence-electron chi connectivity index (χ3n) is 4.29. The second-order valence-corrected chi connectivity index (χ2v) is 6.29. The smallest absolute Gasteiger partial charge is 0.280 e. The van der Waals surface area contributed by atoms with Gasteiger partial charge in [0.1, 0.15) is 11.5 Å². The lowest BCUT2D eigenvalue weighted by Crippen LogP contribution is -2.17. The molecule has 3 aromatic carbocycles. The maximum absolute atomic E-state index is 12.7. The van der Waals surface area contributed by atoms with Crippen LogP contribution in [0.1, 0.15) is 11.3 Å². The average Bonchev–Trinajstić information content (AvgIpc) is 3.02. The van der Waals surface area contributed by atoms with Gasteiger partial charge in [-0.15, -0.1) is 0 Å². The Hall–Kier alpha value is -3.86. The lowest BCUT2D eigenvalue weighted by atomic mass is 10.2. The number of nitrogens with one attached hydrogen (secondary N) is 1. The Labute approximate surface area is 162 Å². The predicted octanol–water partition coefficient (Wildman–Crippen LogP) is 5.02. The summed E-state index contributed by atoms with van der Waals surface area (Å²) < 4.78 is 7.30. The summed E-state index contributed by atoms with van der Waals surface area (Å²) in [5, 5.41) is 3.09. The van der Waals surface area contributed by atoms with Crippen molar-refractivity contribution >= 4 is 11.9 Å². The average molecular weight is 369 g/mol. The van der Waals surface area contributed by atoms with Crippen LogP contribution in [-0.2, 0) is 0 Å². The van der Waals surface area contributed by atoms with Crippen LogP contribution in [0.15, 0.2) is 94.7 Å². The topological polar surface area (TPSA) is 59.4 Å². The molecule has 0 atom stereocenters. The Kier molecular flexibility index (Phi) is 4.89. The lowest BCUT2D eigenvalue weighted by molar-refractivity contribution is 0.483. The SMILES string of the molecule is Cc1[nH]n(-c2ccccc2)c(=O)c1C=Nc1ccc(Oc2ccccc2)cc1. The Morgan fingerprint density at radius 2 is 1.46 bits per heavy atom. The van der Waals surface area contributed by atoms with Gasteiger partial charge in [-0.2, -0.15) is 0 Å². The van der Waals surface area contributed by atoms with Crippen molar-refractivity contribution in [3.63, 3.8) is 0 Å². The minimum absolute atomic E-state index is 0.128. The van der Waals surface area contributed by atoms with E-state index in [0.29, 0.717) is 5.56 Å². The first-order chi connectivity index (χ1) is 13.7. The van der Waals surface area contributed by atoms with Gasteiger partial charge < -0.3 is 4.74 Å². The van der Waals surface area contributed by atoms with Crippen molar-refractivity contribution in [1.82, 2.24) is 9.78 Å². The third kappa shape index (κ3) is 3.78. The van der Waals surface area contributed by atoms with E-state index in [2.05, 4.69) is 10.1 Å². The first kappa shape index (κ1) is 17.5. The molecule has 1 aromatic heterocycles. The van der Waals surface area contributed by atoms with Gasteiger partial charge in [-0.25, -0.2) is 4.68 Å². The predicted molar refractivity (Wildman–Crippen MR) is 111 cm³/mol. The molecule has 138 valence electrons. The summed E-state index contributed by atoms with van der Waals surface area (Å²) in [5.41, 5.74) is 2.70. The number of para-hydroxylation sites is 2. The standard InChI is InChI=1S/C23H19N3O2/c1-17-22(23(27)26(25-17)19-8-4-2-5-9-19)16-24-18-12-14-21(15-13-18)28-20-10-6-3-7-11-20/h2-16,25H,1H3. The van der Waals surface area contributed by atoms with E-state index in [9.17, 15) is 4.79 Å². The number of rotatable bonds is 5. The van der Waals surface area contributed by atoms with Crippen LogP contribution in [0.3, 0.4) is 0 Å². The molecule has 0 radical (unpaired) electrons. The van der Waals surface area contributed by atoms with Gasteiger partial charge in [0.05, 0.1) is 16.9 Å². The summed E-state index contributed by atoms with van der Waals surface area (Å²) in [4.78, 5) is 17.1. The van der Waals surface area contributed by atoms with Gasteiger partial charge in [0, 0.05) is 11.9 Å². The highest BCUT2D eigenvalue weighted by Gasteiger charge is 2.10. The molecule has 28 heavy (non-hydrogen) atoms. The normalized spacial score (nSPS) is 11.0. The second-order valence-electron chi connectivity index (χ2n) is 6.29. The van der Waals surface area contributed by atoms with Gasteiger partial charge in [-0.1, -0.05) is 36.4 Å². The second kappa shape index (κ2) is 7.80. The van der Waals surface area contributed by atoms with Crippen molar-refractivity contribution in [2.75, 3.05) is 0 Å². The van der Waals surface area contributed by atoms with E-state index in [1.54, 1.807) is 6.21 Å². The van der Waals surface area contributed by atoms with Gasteiger partial charge in [0.25, 0.3) is 5.56 Å². The Morgan fingerprint density at radius 1 is 0.857 bits per heavy atom. The Morgan fingerprint density at radius 3 is 2.14 bits per heavy atom. The molecule has 0 spiro atoms. The van der Waals surface area contributed by atoms with Crippen molar-refractivity contribution in [3.8, 4) is 17.2 Å². The molecular formula is C23H19N3O2. The molecule has 0 bridgehead atoms. The first-order valence-corrected chi connectivity index (χ1v) is 8.95. The summed E-state index contributed by atoms with van der Waals surface area (Å²) in [6, 6.07) is 26.5. The number of ether oxygens (including phenoxy) is 1. The highest BCUT2D eigenvalue weighted by Crippen LogP contribution is 2.23. The molecular weight excluding hydrogens is 350 g/mol. The van der Waals surface area contributed by atoms with E-state index in [1.165, 1.54) is 4.68 Å². The van der Waals surface area contributed by atoms with Crippen LogP contribution in [0.2, 0.25) is 0 Å². The molecule has 0 saturated carbocycles. The monoisotopic (exact) mass is 369 g/mol. The summed E-state index contributed by atoms with van der Waals surface area (Å²) in [7, 11) is 0. The van der Waals surface area contributed by atoms with Gasteiger partial charge in [0.2, 0.25) is 0 Å². The Balaban J connectivity index is 1.53. The van der Waals surface area contributed by atoms with Crippen LogP contribution in [0.4, 0.5) is 5.69 Å². The number of aliphatic imine (C=N–C) groups is 1. The van der Waals surface area contributed by atoms with E-state index < -0.39 is 0 Å².